The number of nitrogens with zero attached hydrogens (tertiary/aromatic N) is 5. The van der Waals surface area contributed by atoms with Gasteiger partial charge in [0.05, 0.1) is 22.2 Å². The second-order valence-electron chi connectivity index (χ2n) is 8.41. The van der Waals surface area contributed by atoms with Gasteiger partial charge in [-0.15, -0.1) is 0 Å². The van der Waals surface area contributed by atoms with E-state index in [1.807, 2.05) is 12.1 Å². The third-order valence-electron chi connectivity index (χ3n) is 4.72. The molecule has 0 bridgehead atoms. The molecule has 1 amide bonds. The number of H-pyrrole nitrogens is 1. The Labute approximate surface area is 189 Å². The van der Waals surface area contributed by atoms with Gasteiger partial charge in [0.2, 0.25) is 0 Å². The molecule has 0 aromatic heterocycles. The molecule has 1 aromatic rings. The van der Waals surface area contributed by atoms with E-state index in [4.69, 9.17) is 4.74 Å². The van der Waals surface area contributed by atoms with Crippen molar-refractivity contribution in [3.8, 4) is 23.7 Å². The Morgan fingerprint density at radius 1 is 1.12 bits per heavy atom. The maximum absolute atomic E-state index is 12.3. The highest BCUT2D eigenvalue weighted by Crippen LogP contribution is 2.24. The zero-order valence-corrected chi connectivity index (χ0v) is 18.6. The lowest BCUT2D eigenvalue weighted by Crippen LogP contribution is -2.33. The molecule has 0 radical (unpaired) electrons. The number of ether oxygens (including phenoxy) is 1. The van der Waals surface area contributed by atoms with Gasteiger partial charge < -0.3 is 14.6 Å². The lowest BCUT2D eigenvalue weighted by atomic mass is 10.1. The van der Waals surface area contributed by atoms with Crippen molar-refractivity contribution in [2.24, 2.45) is 0 Å². The lowest BCUT2D eigenvalue weighted by Gasteiger charge is -2.19. The molecule has 2 N–H and O–H groups in total. The zero-order chi connectivity index (χ0) is 24.2. The highest BCUT2D eigenvalue weighted by Gasteiger charge is 2.20. The number of alkyl carbamates (subject to hydrolysis) is 1. The highest BCUT2D eigenvalue weighted by molar-refractivity contribution is 5.82. The first kappa shape index (κ1) is 23.4. The summed E-state index contributed by atoms with van der Waals surface area (Å²) in [4.78, 5) is 46.2. The van der Waals surface area contributed by atoms with Crippen LogP contribution in [0.2, 0.25) is 0 Å². The van der Waals surface area contributed by atoms with Crippen molar-refractivity contribution in [2.45, 2.75) is 52.2 Å². The van der Waals surface area contributed by atoms with Crippen molar-refractivity contribution in [1.29, 1.82) is 10.5 Å². The number of amides is 1. The first-order valence-corrected chi connectivity index (χ1v) is 10.4. The summed E-state index contributed by atoms with van der Waals surface area (Å²) < 4.78 is 6.86. The molecule has 170 valence electrons. The third-order valence-corrected chi connectivity index (χ3v) is 4.72. The zero-order valence-electron chi connectivity index (χ0n) is 18.6. The van der Waals surface area contributed by atoms with Gasteiger partial charge in [0.15, 0.2) is 11.5 Å². The predicted octanol–water partition coefficient (Wildman–Crippen LogP) is 2.02. The number of hydrogen-bond acceptors (Lipinski definition) is 8. The van der Waals surface area contributed by atoms with Crippen LogP contribution < -0.4 is 16.6 Å². The fourth-order valence-electron chi connectivity index (χ4n) is 3.33. The largest absolute Gasteiger partial charge is 0.444 e. The van der Waals surface area contributed by atoms with E-state index in [9.17, 15) is 24.9 Å². The number of hydrogen-bond donors (Lipinski definition) is 2. The number of carbonyl (C=O) groups excluding carboxylic acids is 1. The Kier molecular flexibility index (Phi) is 6.73. The highest BCUT2D eigenvalue weighted by atomic mass is 16.6. The van der Waals surface area contributed by atoms with Crippen LogP contribution in [0.1, 0.15) is 51.2 Å². The average molecular weight is 449 g/mol. The van der Waals surface area contributed by atoms with Crippen LogP contribution in [0.25, 0.3) is 22.6 Å². The van der Waals surface area contributed by atoms with Crippen molar-refractivity contribution in [3.63, 3.8) is 0 Å². The van der Waals surface area contributed by atoms with Crippen molar-refractivity contribution in [3.05, 3.63) is 44.1 Å². The first-order valence-electron chi connectivity index (χ1n) is 10.4. The molecule has 11 nitrogen and oxygen atoms in total. The fourth-order valence-corrected chi connectivity index (χ4v) is 3.33. The molecule has 1 aromatic carbocycles. The number of benzene rings is 1. The maximum atomic E-state index is 12.3. The van der Waals surface area contributed by atoms with Crippen molar-refractivity contribution in [2.75, 3.05) is 6.54 Å². The van der Waals surface area contributed by atoms with Crippen molar-refractivity contribution >= 4 is 17.1 Å². The van der Waals surface area contributed by atoms with E-state index in [2.05, 4.69) is 20.3 Å². The van der Waals surface area contributed by atoms with Crippen LogP contribution in [-0.2, 0) is 11.3 Å². The Balaban J connectivity index is 1.84. The number of aromatic nitrogens is 4. The summed E-state index contributed by atoms with van der Waals surface area (Å²) in [6, 6.07) is 6.89. The van der Waals surface area contributed by atoms with Crippen molar-refractivity contribution in [1.82, 2.24) is 24.8 Å². The number of unbranched alkanes of at least 4 members (excludes halogenated alkanes) is 2. The van der Waals surface area contributed by atoms with Crippen LogP contribution in [0.3, 0.4) is 0 Å². The Bertz CT molecular complexity index is 1370. The van der Waals surface area contributed by atoms with Gasteiger partial charge in [0.25, 0.3) is 5.56 Å². The summed E-state index contributed by atoms with van der Waals surface area (Å²) in [7, 11) is 0. The van der Waals surface area contributed by atoms with Gasteiger partial charge in [-0.2, -0.15) is 15.5 Å². The molecule has 3 rings (SSSR count). The number of nitrogens with one attached hydrogen (secondary N) is 2. The average Bonchev–Trinajstić information content (AvgIpc) is 2.73. The maximum Gasteiger partial charge on any atom is 0.407 e. The van der Waals surface area contributed by atoms with E-state index in [0.29, 0.717) is 37.0 Å². The van der Waals surface area contributed by atoms with E-state index >= 15 is 0 Å². The first-order chi connectivity index (χ1) is 15.6. The minimum absolute atomic E-state index is 0.0257. The molecule has 0 spiro atoms. The smallest absolute Gasteiger partial charge is 0.407 e. The van der Waals surface area contributed by atoms with Crippen LogP contribution in [-0.4, -0.2) is 37.8 Å². The predicted molar refractivity (Wildman–Crippen MR) is 119 cm³/mol. The van der Waals surface area contributed by atoms with Crippen LogP contribution in [0.15, 0.2) is 21.7 Å². The van der Waals surface area contributed by atoms with E-state index in [1.54, 1.807) is 25.3 Å². The van der Waals surface area contributed by atoms with E-state index in [0.717, 1.165) is 6.42 Å². The quantitative estimate of drug-likeness (QED) is 0.426. The summed E-state index contributed by atoms with van der Waals surface area (Å²) in [5.74, 6) is 0.108. The molecule has 11 heteroatoms. The van der Waals surface area contributed by atoms with Gasteiger partial charge >= 0.3 is 11.8 Å². The summed E-state index contributed by atoms with van der Waals surface area (Å²) in [5.41, 5.74) is -0.929. The molecule has 0 aliphatic carbocycles. The van der Waals surface area contributed by atoms with Gasteiger partial charge in [-0.05, 0) is 52.2 Å². The van der Waals surface area contributed by atoms with Gasteiger partial charge in [-0.3, -0.25) is 9.78 Å². The summed E-state index contributed by atoms with van der Waals surface area (Å²) in [5, 5.41) is 21.4. The molecule has 0 fully saturated rings. The number of nitriles is 2. The number of fused-ring (bicyclic) bond motifs is 2. The lowest BCUT2D eigenvalue weighted by molar-refractivity contribution is 0.0527. The van der Waals surface area contributed by atoms with Gasteiger partial charge in [0.1, 0.15) is 17.7 Å². The third kappa shape index (κ3) is 5.52. The molecule has 0 saturated carbocycles. The van der Waals surface area contributed by atoms with Crippen LogP contribution in [0.5, 0.6) is 0 Å². The van der Waals surface area contributed by atoms with E-state index in [-0.39, 0.29) is 22.6 Å². The fraction of sp³-hybridized carbons (Fsp3) is 0.409. The Morgan fingerprint density at radius 3 is 2.48 bits per heavy atom. The SMILES string of the molecule is CC(C)(C)OC(=O)NCCCCCn1c2nc(=O)[nH]c(=O)c-2nc2cc(C#N)c(C#N)cc21. The van der Waals surface area contributed by atoms with Gasteiger partial charge in [-0.1, -0.05) is 0 Å². The van der Waals surface area contributed by atoms with Crippen LogP contribution in [0, 0.1) is 22.7 Å². The topological polar surface area (TPSA) is 167 Å². The second-order valence-corrected chi connectivity index (χ2v) is 8.41. The summed E-state index contributed by atoms with van der Waals surface area (Å²) in [6.07, 6.45) is 1.57. The molecule has 2 heterocycles. The monoisotopic (exact) mass is 449 g/mol. The van der Waals surface area contributed by atoms with Gasteiger partial charge in [0, 0.05) is 13.1 Å². The number of aromatic amines is 1. The molecule has 2 aliphatic rings. The van der Waals surface area contributed by atoms with Crippen LogP contribution >= 0.6 is 0 Å². The van der Waals surface area contributed by atoms with Crippen LogP contribution in [0.4, 0.5) is 4.79 Å². The van der Waals surface area contributed by atoms with Crippen molar-refractivity contribution < 1.29 is 9.53 Å². The Hall–Kier alpha value is -4.25. The molecular weight excluding hydrogens is 426 g/mol. The van der Waals surface area contributed by atoms with E-state index < -0.39 is 22.9 Å². The standard InChI is InChI=1S/C22H23N7O4/c1-22(2,3)33-21(32)25-7-5-4-6-8-29-16-10-14(12-24)13(11-23)9-15(16)26-17-18(29)27-20(31)28-19(17)30/h9-10H,4-8H2,1-3H3,(H,25,32)(H,28,30,31). The normalized spacial score (nSPS) is 11.2. The number of carbonyl (C=O) groups is 1. The van der Waals surface area contributed by atoms with Gasteiger partial charge in [-0.25, -0.2) is 14.6 Å². The molecular formula is C22H23N7O4. The molecule has 0 atom stereocenters. The number of aryl methyl sites for hydroxylation is 1. The summed E-state index contributed by atoms with van der Waals surface area (Å²) >= 11 is 0. The number of rotatable bonds is 6. The van der Waals surface area contributed by atoms with E-state index in [1.165, 1.54) is 12.1 Å². The molecule has 0 unspecified atom stereocenters. The second kappa shape index (κ2) is 9.49. The summed E-state index contributed by atoms with van der Waals surface area (Å²) in [6.45, 7) is 6.18. The Morgan fingerprint density at radius 2 is 1.82 bits per heavy atom. The minimum atomic E-state index is -0.793. The molecule has 33 heavy (non-hydrogen) atoms. The molecule has 0 saturated heterocycles. The molecule has 2 aliphatic heterocycles. The minimum Gasteiger partial charge on any atom is -0.444 e.